The minimum absolute atomic E-state index is 0.563. The van der Waals surface area contributed by atoms with Crippen molar-refractivity contribution in [1.29, 1.82) is 0 Å². The van der Waals surface area contributed by atoms with Crippen molar-refractivity contribution >= 4 is 16.7 Å². The topological polar surface area (TPSA) is 68.5 Å². The Bertz CT molecular complexity index is 1260. The van der Waals surface area contributed by atoms with E-state index in [1.165, 1.54) is 5.56 Å². The van der Waals surface area contributed by atoms with Gasteiger partial charge in [0.15, 0.2) is 5.82 Å². The fraction of sp³-hybridized carbons (Fsp3) is 0.0833. The van der Waals surface area contributed by atoms with Gasteiger partial charge in [-0.3, -0.25) is 4.98 Å². The number of hydrogen-bond donors (Lipinski definition) is 1. The van der Waals surface area contributed by atoms with Gasteiger partial charge in [-0.15, -0.1) is 0 Å². The zero-order valence-corrected chi connectivity index (χ0v) is 16.3. The average Bonchev–Trinajstić information content (AvgIpc) is 3.25. The monoisotopic (exact) mass is 392 g/mol. The summed E-state index contributed by atoms with van der Waals surface area (Å²) in [5.74, 6) is 2.38. The van der Waals surface area contributed by atoms with Crippen molar-refractivity contribution in [2.45, 2.75) is 13.1 Å². The van der Waals surface area contributed by atoms with Crippen molar-refractivity contribution in [3.05, 3.63) is 103 Å². The number of anilines is 1. The van der Waals surface area contributed by atoms with Crippen LogP contribution in [0.15, 0.2) is 91.5 Å². The number of aromatic nitrogens is 5. The smallest absolute Gasteiger partial charge is 0.163 e. The van der Waals surface area contributed by atoms with Crippen molar-refractivity contribution in [2.75, 3.05) is 5.32 Å². The second-order valence-corrected chi connectivity index (χ2v) is 6.97. The first-order valence-corrected chi connectivity index (χ1v) is 9.82. The van der Waals surface area contributed by atoms with Crippen LogP contribution < -0.4 is 5.32 Å². The highest BCUT2D eigenvalue weighted by Crippen LogP contribution is 2.24. The molecule has 0 aliphatic rings. The lowest BCUT2D eigenvalue weighted by molar-refractivity contribution is 0.735. The van der Waals surface area contributed by atoms with Crippen molar-refractivity contribution in [3.8, 4) is 11.4 Å². The first-order valence-electron chi connectivity index (χ1n) is 9.82. The van der Waals surface area contributed by atoms with Crippen LogP contribution in [0.4, 0.5) is 5.82 Å². The molecule has 5 rings (SSSR count). The molecule has 2 aromatic carbocycles. The fourth-order valence-corrected chi connectivity index (χ4v) is 3.43. The molecule has 0 bridgehead atoms. The van der Waals surface area contributed by atoms with Crippen molar-refractivity contribution < 1.29 is 0 Å². The molecule has 0 amide bonds. The summed E-state index contributed by atoms with van der Waals surface area (Å²) in [5.41, 5.74) is 3.02. The number of nitrogens with one attached hydrogen (secondary N) is 1. The van der Waals surface area contributed by atoms with E-state index in [0.717, 1.165) is 34.7 Å². The van der Waals surface area contributed by atoms with Crippen LogP contribution in [-0.4, -0.2) is 24.5 Å². The van der Waals surface area contributed by atoms with Gasteiger partial charge in [-0.25, -0.2) is 15.0 Å². The van der Waals surface area contributed by atoms with Gasteiger partial charge >= 0.3 is 0 Å². The summed E-state index contributed by atoms with van der Waals surface area (Å²) in [5, 5.41) is 4.45. The molecule has 0 atom stereocenters. The van der Waals surface area contributed by atoms with Gasteiger partial charge < -0.3 is 9.88 Å². The average molecular weight is 392 g/mol. The van der Waals surface area contributed by atoms with E-state index in [9.17, 15) is 0 Å². The molecule has 0 fully saturated rings. The van der Waals surface area contributed by atoms with E-state index in [2.05, 4.69) is 44.1 Å². The molecule has 0 radical (unpaired) electrons. The summed E-state index contributed by atoms with van der Waals surface area (Å²) in [6, 6.07) is 22.2. The normalized spacial score (nSPS) is 10.9. The molecule has 0 saturated carbocycles. The Morgan fingerprint density at radius 2 is 1.70 bits per heavy atom. The van der Waals surface area contributed by atoms with Crippen LogP contribution in [0.5, 0.6) is 0 Å². The highest BCUT2D eigenvalue weighted by Gasteiger charge is 2.11. The Kier molecular flexibility index (Phi) is 4.88. The largest absolute Gasteiger partial charge is 0.362 e. The molecule has 0 spiro atoms. The number of fused-ring (bicyclic) bond motifs is 1. The van der Waals surface area contributed by atoms with Crippen LogP contribution >= 0.6 is 0 Å². The molecule has 30 heavy (non-hydrogen) atoms. The molecule has 1 N–H and O–H groups in total. The van der Waals surface area contributed by atoms with E-state index >= 15 is 0 Å². The van der Waals surface area contributed by atoms with E-state index in [-0.39, 0.29) is 0 Å². The minimum Gasteiger partial charge on any atom is -0.362 e. The van der Waals surface area contributed by atoms with Crippen molar-refractivity contribution in [1.82, 2.24) is 24.5 Å². The first kappa shape index (κ1) is 18.0. The van der Waals surface area contributed by atoms with Crippen LogP contribution in [0, 0.1) is 0 Å². The molecule has 0 unspecified atom stereocenters. The molecule has 6 heteroatoms. The van der Waals surface area contributed by atoms with Crippen LogP contribution in [-0.2, 0) is 13.1 Å². The summed E-state index contributed by atoms with van der Waals surface area (Å²) in [4.78, 5) is 18.2. The highest BCUT2D eigenvalue weighted by molar-refractivity contribution is 5.90. The fourth-order valence-electron chi connectivity index (χ4n) is 3.43. The van der Waals surface area contributed by atoms with E-state index < -0.39 is 0 Å². The minimum atomic E-state index is 0.563. The lowest BCUT2D eigenvalue weighted by atomic mass is 10.2. The Balaban J connectivity index is 1.44. The first-order chi connectivity index (χ1) is 14.9. The van der Waals surface area contributed by atoms with Crippen LogP contribution in [0.3, 0.4) is 0 Å². The highest BCUT2D eigenvalue weighted by atomic mass is 15.1. The van der Waals surface area contributed by atoms with Crippen molar-refractivity contribution in [3.63, 3.8) is 0 Å². The predicted octanol–water partition coefficient (Wildman–Crippen LogP) is 4.55. The number of para-hydroxylation sites is 1. The summed E-state index contributed by atoms with van der Waals surface area (Å²) >= 11 is 0. The third-order valence-corrected chi connectivity index (χ3v) is 4.93. The van der Waals surface area contributed by atoms with Crippen molar-refractivity contribution in [2.24, 2.45) is 0 Å². The number of imidazole rings is 1. The molecular weight excluding hydrogens is 372 g/mol. The molecule has 0 aliphatic heterocycles. The maximum Gasteiger partial charge on any atom is 0.163 e. The van der Waals surface area contributed by atoms with Crippen LogP contribution in [0.2, 0.25) is 0 Å². The molecule has 6 nitrogen and oxygen atoms in total. The SMILES string of the molecule is c1ccc(Cn2ccnc2CNc2nc(-c3cccnc3)nc3ccccc23)cc1. The summed E-state index contributed by atoms with van der Waals surface area (Å²) in [6.07, 6.45) is 7.36. The molecule has 3 aromatic heterocycles. The maximum atomic E-state index is 4.78. The van der Waals surface area contributed by atoms with E-state index in [1.54, 1.807) is 12.4 Å². The zero-order valence-electron chi connectivity index (χ0n) is 16.3. The van der Waals surface area contributed by atoms with Gasteiger partial charge in [-0.1, -0.05) is 42.5 Å². The summed E-state index contributed by atoms with van der Waals surface area (Å²) in [6.45, 7) is 1.34. The van der Waals surface area contributed by atoms with Crippen LogP contribution in [0.25, 0.3) is 22.3 Å². The van der Waals surface area contributed by atoms with Gasteiger partial charge in [-0.05, 0) is 29.8 Å². The van der Waals surface area contributed by atoms with Gasteiger partial charge in [0, 0.05) is 42.3 Å². The molecule has 146 valence electrons. The summed E-state index contributed by atoms with van der Waals surface area (Å²) in [7, 11) is 0. The van der Waals surface area contributed by atoms with E-state index in [0.29, 0.717) is 12.4 Å². The van der Waals surface area contributed by atoms with Gasteiger partial charge in [0.05, 0.1) is 12.1 Å². The van der Waals surface area contributed by atoms with Gasteiger partial charge in [-0.2, -0.15) is 0 Å². The second-order valence-electron chi connectivity index (χ2n) is 6.97. The molecule has 0 aliphatic carbocycles. The quantitative estimate of drug-likeness (QED) is 0.459. The second kappa shape index (κ2) is 8.13. The Labute approximate surface area is 174 Å². The van der Waals surface area contributed by atoms with Gasteiger partial charge in [0.2, 0.25) is 0 Å². The van der Waals surface area contributed by atoms with E-state index in [4.69, 9.17) is 9.97 Å². The Hall–Kier alpha value is -4.06. The predicted molar refractivity (Wildman–Crippen MR) is 118 cm³/mol. The summed E-state index contributed by atoms with van der Waals surface area (Å²) < 4.78 is 2.15. The maximum absolute atomic E-state index is 4.78. The number of rotatable bonds is 6. The molecular formula is C24H20N6. The lowest BCUT2D eigenvalue weighted by Crippen LogP contribution is -2.11. The van der Waals surface area contributed by atoms with E-state index in [1.807, 2.05) is 54.9 Å². The molecule has 0 saturated heterocycles. The number of nitrogens with zero attached hydrogens (tertiary/aromatic N) is 5. The number of benzene rings is 2. The number of hydrogen-bond acceptors (Lipinski definition) is 5. The Morgan fingerprint density at radius 3 is 2.57 bits per heavy atom. The lowest BCUT2D eigenvalue weighted by Gasteiger charge is -2.12. The third-order valence-electron chi connectivity index (χ3n) is 4.93. The van der Waals surface area contributed by atoms with Gasteiger partial charge in [0.25, 0.3) is 0 Å². The molecule has 3 heterocycles. The standard InChI is InChI=1S/C24H20N6/c1-2-7-18(8-3-1)17-30-14-13-26-22(30)16-27-24-20-10-4-5-11-21(20)28-23(29-24)19-9-6-12-25-15-19/h1-15H,16-17H2,(H,27,28,29). The number of pyridine rings is 1. The van der Waals surface area contributed by atoms with Crippen LogP contribution in [0.1, 0.15) is 11.4 Å². The zero-order chi connectivity index (χ0) is 20.2. The molecule has 5 aromatic rings. The third kappa shape index (κ3) is 3.75. The Morgan fingerprint density at radius 1 is 0.833 bits per heavy atom. The van der Waals surface area contributed by atoms with Gasteiger partial charge in [0.1, 0.15) is 11.6 Å².